The summed E-state index contributed by atoms with van der Waals surface area (Å²) in [7, 11) is 0. The first-order valence-electron chi connectivity index (χ1n) is 17.7. The Morgan fingerprint density at radius 3 is 2.19 bits per heavy atom. The number of hydrogen-bond acceptors (Lipinski definition) is 6. The van der Waals surface area contributed by atoms with Gasteiger partial charge in [0.1, 0.15) is 5.75 Å². The summed E-state index contributed by atoms with van der Waals surface area (Å²) in [6.07, 6.45) is 2.07. The van der Waals surface area contributed by atoms with Crippen molar-refractivity contribution in [2.45, 2.75) is 126 Å². The Morgan fingerprint density at radius 1 is 0.958 bits per heavy atom. The number of pyridine rings is 1. The topological polar surface area (TPSA) is 75.1 Å². The van der Waals surface area contributed by atoms with Crippen molar-refractivity contribution in [3.8, 4) is 16.9 Å². The van der Waals surface area contributed by atoms with Crippen LogP contribution in [0.15, 0.2) is 30.3 Å². The number of carboxylic acid groups (broad SMARTS) is 1. The second-order valence-electron chi connectivity index (χ2n) is 16.2. The number of fused-ring (bicyclic) bond motifs is 1. The Hall–Kier alpha value is -3.42. The molecule has 0 spiro atoms. The van der Waals surface area contributed by atoms with E-state index in [9.17, 15) is 9.90 Å². The zero-order valence-electron chi connectivity index (χ0n) is 31.2. The highest BCUT2D eigenvalue weighted by atomic mass is 16.5. The first kappa shape index (κ1) is 35.9. The van der Waals surface area contributed by atoms with Gasteiger partial charge in [-0.2, -0.15) is 0 Å². The molecular formula is C41H57N3O4. The van der Waals surface area contributed by atoms with Gasteiger partial charge in [-0.1, -0.05) is 32.0 Å². The number of carboxylic acids is 1. The highest BCUT2D eigenvalue weighted by Gasteiger charge is 2.36. The highest BCUT2D eigenvalue weighted by Crippen LogP contribution is 2.45. The van der Waals surface area contributed by atoms with Gasteiger partial charge < -0.3 is 19.5 Å². The molecule has 1 aromatic heterocycles. The minimum absolute atomic E-state index is 0.155. The third-order valence-corrected chi connectivity index (χ3v) is 9.98. The lowest BCUT2D eigenvalue weighted by Crippen LogP contribution is -2.39. The minimum Gasteiger partial charge on any atom is -0.491 e. The predicted molar refractivity (Wildman–Crippen MR) is 195 cm³/mol. The maximum atomic E-state index is 12.9. The van der Waals surface area contributed by atoms with Gasteiger partial charge in [-0.05, 0) is 133 Å². The number of aryl methyl sites for hydroxylation is 4. The molecule has 1 saturated heterocycles. The van der Waals surface area contributed by atoms with Gasteiger partial charge in [-0.15, -0.1) is 0 Å². The van der Waals surface area contributed by atoms with Gasteiger partial charge in [0, 0.05) is 55.2 Å². The van der Waals surface area contributed by atoms with Gasteiger partial charge in [0.2, 0.25) is 0 Å². The van der Waals surface area contributed by atoms with Crippen molar-refractivity contribution >= 4 is 11.7 Å². The SMILES string of the molecule is Cc1cc(OC(C)C)cc(C)c1CN1CCc2cc(-c3c(C)nc(C)c(C(OC(C)(C)C)C(=O)O)c3N3CCC(C)(C)CC3)ccc2C1. The largest absolute Gasteiger partial charge is 0.491 e. The fraction of sp³-hybridized carbons (Fsp3) is 0.561. The summed E-state index contributed by atoms with van der Waals surface area (Å²) in [5.41, 5.74) is 11.6. The van der Waals surface area contributed by atoms with Crippen LogP contribution in [0.25, 0.3) is 11.1 Å². The summed E-state index contributed by atoms with van der Waals surface area (Å²) >= 11 is 0. The minimum atomic E-state index is -1.12. The average Bonchev–Trinajstić information content (AvgIpc) is 2.97. The smallest absolute Gasteiger partial charge is 0.337 e. The molecule has 5 rings (SSSR count). The molecule has 260 valence electrons. The molecule has 0 radical (unpaired) electrons. The number of ether oxygens (including phenoxy) is 2. The van der Waals surface area contributed by atoms with E-state index in [1.807, 2.05) is 27.7 Å². The van der Waals surface area contributed by atoms with Crippen molar-refractivity contribution in [1.29, 1.82) is 0 Å². The van der Waals surface area contributed by atoms with E-state index < -0.39 is 17.7 Å². The second kappa shape index (κ2) is 13.8. The van der Waals surface area contributed by atoms with Crippen LogP contribution in [0.5, 0.6) is 5.75 Å². The van der Waals surface area contributed by atoms with E-state index in [0.717, 1.165) is 85.9 Å². The summed E-state index contributed by atoms with van der Waals surface area (Å²) < 4.78 is 12.3. The molecule has 1 unspecified atom stereocenters. The molecule has 3 heterocycles. The molecule has 1 N–H and O–H groups in total. The normalized spacial score (nSPS) is 17.4. The van der Waals surface area contributed by atoms with Crippen molar-refractivity contribution < 1.29 is 19.4 Å². The zero-order valence-corrected chi connectivity index (χ0v) is 31.2. The molecule has 3 aromatic rings. The number of aromatic nitrogens is 1. The van der Waals surface area contributed by atoms with Crippen LogP contribution in [0.3, 0.4) is 0 Å². The lowest BCUT2D eigenvalue weighted by Gasteiger charge is -2.41. The summed E-state index contributed by atoms with van der Waals surface area (Å²) in [5.74, 6) is -0.0436. The lowest BCUT2D eigenvalue weighted by molar-refractivity contribution is -0.160. The van der Waals surface area contributed by atoms with E-state index in [2.05, 4.69) is 88.6 Å². The maximum absolute atomic E-state index is 12.9. The molecule has 0 saturated carbocycles. The number of carbonyl (C=O) groups is 1. The lowest BCUT2D eigenvalue weighted by atomic mass is 9.81. The van der Waals surface area contributed by atoms with Gasteiger partial charge in [0.15, 0.2) is 6.10 Å². The second-order valence-corrected chi connectivity index (χ2v) is 16.2. The molecule has 0 amide bonds. The third-order valence-electron chi connectivity index (χ3n) is 9.98. The van der Waals surface area contributed by atoms with Gasteiger partial charge >= 0.3 is 5.97 Å². The fourth-order valence-electron chi connectivity index (χ4n) is 7.42. The maximum Gasteiger partial charge on any atom is 0.337 e. The van der Waals surface area contributed by atoms with Crippen molar-refractivity contribution in [2.75, 3.05) is 24.5 Å². The van der Waals surface area contributed by atoms with E-state index in [-0.39, 0.29) is 11.5 Å². The number of hydrogen-bond donors (Lipinski definition) is 1. The number of nitrogens with zero attached hydrogens (tertiary/aromatic N) is 3. The molecule has 0 bridgehead atoms. The number of benzene rings is 2. The van der Waals surface area contributed by atoms with Crippen molar-refractivity contribution in [3.63, 3.8) is 0 Å². The Labute approximate surface area is 288 Å². The Kier molecular flexibility index (Phi) is 10.3. The van der Waals surface area contributed by atoms with Crippen molar-refractivity contribution in [1.82, 2.24) is 9.88 Å². The first-order chi connectivity index (χ1) is 22.4. The van der Waals surface area contributed by atoms with Crippen LogP contribution in [0.1, 0.15) is 112 Å². The summed E-state index contributed by atoms with van der Waals surface area (Å²) in [4.78, 5) is 22.8. The van der Waals surface area contributed by atoms with Crippen LogP contribution in [0, 0.1) is 33.1 Å². The van der Waals surface area contributed by atoms with E-state index >= 15 is 0 Å². The molecule has 2 aromatic carbocycles. The van der Waals surface area contributed by atoms with Crippen LogP contribution in [-0.2, 0) is 29.0 Å². The van der Waals surface area contributed by atoms with Crippen molar-refractivity contribution in [3.05, 3.63) is 75.1 Å². The van der Waals surface area contributed by atoms with Crippen LogP contribution < -0.4 is 9.64 Å². The van der Waals surface area contributed by atoms with E-state index in [4.69, 9.17) is 14.5 Å². The fourth-order valence-corrected chi connectivity index (χ4v) is 7.42. The molecule has 7 heteroatoms. The number of aliphatic carboxylic acids is 1. The van der Waals surface area contributed by atoms with E-state index in [1.165, 1.54) is 27.8 Å². The molecule has 1 atom stereocenters. The first-order valence-corrected chi connectivity index (χ1v) is 17.7. The van der Waals surface area contributed by atoms with Crippen molar-refractivity contribution in [2.24, 2.45) is 5.41 Å². The number of rotatable bonds is 9. The standard InChI is InChI=1S/C41H57N3O4/c1-25(2)47-33-20-26(3)34(27(4)21-33)24-43-17-14-30-22-31(12-13-32(30)23-43)35-28(5)42-29(6)36(38(39(45)46)48-40(7,8)9)37(35)44-18-15-41(10,11)16-19-44/h12-13,20-22,25,38H,14-19,23-24H2,1-11H3,(H,45,46). The van der Waals surface area contributed by atoms with Gasteiger partial charge in [-0.3, -0.25) is 9.88 Å². The number of piperidine rings is 1. The van der Waals surface area contributed by atoms with Crippen LogP contribution >= 0.6 is 0 Å². The molecule has 7 nitrogen and oxygen atoms in total. The zero-order chi connectivity index (χ0) is 35.1. The highest BCUT2D eigenvalue weighted by molar-refractivity contribution is 5.88. The number of anilines is 1. The molecule has 2 aliphatic heterocycles. The molecule has 48 heavy (non-hydrogen) atoms. The molecule has 1 fully saturated rings. The predicted octanol–water partition coefficient (Wildman–Crippen LogP) is 8.89. The van der Waals surface area contributed by atoms with Gasteiger partial charge in [0.05, 0.1) is 17.4 Å². The average molecular weight is 656 g/mol. The monoisotopic (exact) mass is 655 g/mol. The van der Waals surface area contributed by atoms with Gasteiger partial charge in [0.25, 0.3) is 0 Å². The van der Waals surface area contributed by atoms with Gasteiger partial charge in [-0.25, -0.2) is 4.79 Å². The Morgan fingerprint density at radius 2 is 1.60 bits per heavy atom. The van der Waals surface area contributed by atoms with Crippen LogP contribution in [0.4, 0.5) is 5.69 Å². The van der Waals surface area contributed by atoms with Crippen LogP contribution in [-0.4, -0.2) is 52.3 Å². The Balaban J connectivity index is 1.52. The van der Waals surface area contributed by atoms with E-state index in [0.29, 0.717) is 5.56 Å². The molecule has 2 aliphatic rings. The van der Waals surface area contributed by atoms with E-state index in [1.54, 1.807) is 0 Å². The van der Waals surface area contributed by atoms with Crippen LogP contribution in [0.2, 0.25) is 0 Å². The summed E-state index contributed by atoms with van der Waals surface area (Å²) in [5, 5.41) is 10.5. The molecular weight excluding hydrogens is 598 g/mol. The Bertz CT molecular complexity index is 1640. The molecule has 0 aliphatic carbocycles. The summed E-state index contributed by atoms with van der Waals surface area (Å²) in [6.45, 7) is 27.4. The third kappa shape index (κ3) is 8.06. The quantitative estimate of drug-likeness (QED) is 0.247. The summed E-state index contributed by atoms with van der Waals surface area (Å²) in [6, 6.07) is 11.2.